The van der Waals surface area contributed by atoms with Gasteiger partial charge < -0.3 is 13.6 Å². The van der Waals surface area contributed by atoms with Gasteiger partial charge in [0.2, 0.25) is 0 Å². The normalized spacial score (nSPS) is 11.8. The summed E-state index contributed by atoms with van der Waals surface area (Å²) in [7, 11) is 0. The minimum atomic E-state index is 0.832. The lowest BCUT2D eigenvalue weighted by Gasteiger charge is -2.11. The molecule has 6 aromatic carbocycles. The van der Waals surface area contributed by atoms with E-state index in [1.807, 2.05) is 61.2 Å². The second-order valence-corrected chi connectivity index (χ2v) is 15.9. The van der Waals surface area contributed by atoms with Crippen molar-refractivity contribution in [2.24, 2.45) is 0 Å². The molecule has 7 heterocycles. The predicted molar refractivity (Wildman–Crippen MR) is 255 cm³/mol. The van der Waals surface area contributed by atoms with Crippen LogP contribution in [0.5, 0.6) is 0 Å². The van der Waals surface area contributed by atoms with Gasteiger partial charge in [0.15, 0.2) is 0 Å². The molecule has 0 aliphatic heterocycles. The molecular formula is C56H34N6O. The van der Waals surface area contributed by atoms with Crippen molar-refractivity contribution in [3.8, 4) is 56.1 Å². The molecule has 7 nitrogen and oxygen atoms in total. The van der Waals surface area contributed by atoms with Crippen LogP contribution in [-0.2, 0) is 0 Å². The van der Waals surface area contributed by atoms with Gasteiger partial charge in [0.1, 0.15) is 11.2 Å². The number of nitrogens with zero attached hydrogens (tertiary/aromatic N) is 6. The lowest BCUT2D eigenvalue weighted by Crippen LogP contribution is -1.94. The topological polar surface area (TPSA) is 74.6 Å². The van der Waals surface area contributed by atoms with E-state index in [4.69, 9.17) is 14.4 Å². The molecule has 294 valence electrons. The summed E-state index contributed by atoms with van der Waals surface area (Å²) in [5, 5.41) is 4.25. The molecule has 0 unspecified atom stereocenters. The molecule has 7 heteroatoms. The van der Waals surface area contributed by atoms with Gasteiger partial charge in [-0.2, -0.15) is 0 Å². The first-order chi connectivity index (χ1) is 31.2. The van der Waals surface area contributed by atoms with Crippen molar-refractivity contribution < 1.29 is 4.42 Å². The summed E-state index contributed by atoms with van der Waals surface area (Å²) < 4.78 is 11.2. The summed E-state index contributed by atoms with van der Waals surface area (Å²) in [6, 6.07) is 63.7. The second-order valence-electron chi connectivity index (χ2n) is 15.9. The summed E-state index contributed by atoms with van der Waals surface area (Å²) >= 11 is 0. The van der Waals surface area contributed by atoms with E-state index in [1.165, 1.54) is 0 Å². The highest BCUT2D eigenvalue weighted by molar-refractivity contribution is 6.12. The quantitative estimate of drug-likeness (QED) is 0.167. The van der Waals surface area contributed by atoms with Crippen LogP contribution in [0.3, 0.4) is 0 Å². The summed E-state index contributed by atoms with van der Waals surface area (Å²) in [6.45, 7) is 0. The molecule has 13 rings (SSSR count). The molecule has 0 amide bonds. The minimum Gasteiger partial charge on any atom is -0.456 e. The first-order valence-corrected chi connectivity index (χ1v) is 21.0. The Kier molecular flexibility index (Phi) is 7.77. The predicted octanol–water partition coefficient (Wildman–Crippen LogP) is 14.0. The van der Waals surface area contributed by atoms with Crippen LogP contribution in [0.25, 0.3) is 122 Å². The third-order valence-electron chi connectivity index (χ3n) is 12.4. The molecule has 0 saturated heterocycles. The molecule has 0 spiro atoms. The number of rotatable bonds is 6. The Balaban J connectivity index is 0.952. The van der Waals surface area contributed by atoms with Crippen LogP contribution < -0.4 is 0 Å². The average molecular weight is 807 g/mol. The third-order valence-corrected chi connectivity index (χ3v) is 12.4. The number of benzene rings is 6. The molecule has 0 aliphatic rings. The lowest BCUT2D eigenvalue weighted by atomic mass is 9.96. The van der Waals surface area contributed by atoms with Crippen LogP contribution in [0.1, 0.15) is 0 Å². The summed E-state index contributed by atoms with van der Waals surface area (Å²) in [5.74, 6) is 0. The van der Waals surface area contributed by atoms with Gasteiger partial charge in [-0.3, -0.25) is 19.9 Å². The Morgan fingerprint density at radius 2 is 0.762 bits per heavy atom. The minimum absolute atomic E-state index is 0.832. The van der Waals surface area contributed by atoms with Crippen molar-refractivity contribution in [1.82, 2.24) is 29.1 Å². The lowest BCUT2D eigenvalue weighted by molar-refractivity contribution is 0.669. The smallest absolute Gasteiger partial charge is 0.135 e. The van der Waals surface area contributed by atoms with Crippen molar-refractivity contribution in [2.45, 2.75) is 0 Å². The molecule has 7 aromatic heterocycles. The highest BCUT2D eigenvalue weighted by Crippen LogP contribution is 2.41. The van der Waals surface area contributed by atoms with Crippen LogP contribution in [0.2, 0.25) is 0 Å². The maximum absolute atomic E-state index is 6.52. The first-order valence-electron chi connectivity index (χ1n) is 21.0. The summed E-state index contributed by atoms with van der Waals surface area (Å²) in [6.07, 6.45) is 7.44. The third kappa shape index (κ3) is 5.53. The molecule has 0 N–H and O–H groups in total. The monoisotopic (exact) mass is 806 g/mol. The summed E-state index contributed by atoms with van der Waals surface area (Å²) in [5.41, 5.74) is 18.4. The number of hydrogen-bond acceptors (Lipinski definition) is 5. The van der Waals surface area contributed by atoms with E-state index in [2.05, 4.69) is 165 Å². The fourth-order valence-corrected chi connectivity index (χ4v) is 9.55. The van der Waals surface area contributed by atoms with Gasteiger partial charge in [-0.05, 0) is 131 Å². The van der Waals surface area contributed by atoms with Gasteiger partial charge in [-0.25, -0.2) is 0 Å². The van der Waals surface area contributed by atoms with Crippen molar-refractivity contribution in [3.63, 3.8) is 0 Å². The van der Waals surface area contributed by atoms with Gasteiger partial charge in [0.05, 0.1) is 44.5 Å². The Morgan fingerprint density at radius 1 is 0.317 bits per heavy atom. The zero-order valence-electron chi connectivity index (χ0n) is 33.7. The van der Waals surface area contributed by atoms with Crippen molar-refractivity contribution in [2.75, 3.05) is 0 Å². The maximum atomic E-state index is 6.52. The number of furan rings is 1. The zero-order chi connectivity index (χ0) is 41.4. The fraction of sp³-hybridized carbons (Fsp3) is 0. The van der Waals surface area contributed by atoms with Crippen LogP contribution in [0.15, 0.2) is 211 Å². The van der Waals surface area contributed by atoms with Crippen LogP contribution in [0.4, 0.5) is 0 Å². The maximum Gasteiger partial charge on any atom is 0.135 e. The molecule has 0 bridgehead atoms. The molecule has 0 fully saturated rings. The van der Waals surface area contributed by atoms with Crippen molar-refractivity contribution in [3.05, 3.63) is 207 Å². The summed E-state index contributed by atoms with van der Waals surface area (Å²) in [4.78, 5) is 19.2. The van der Waals surface area contributed by atoms with E-state index in [-0.39, 0.29) is 0 Å². The number of hydrogen-bond donors (Lipinski definition) is 0. The molecule has 0 saturated carbocycles. The Hall–Kier alpha value is -8.68. The molecule has 0 radical (unpaired) electrons. The molecule has 0 atom stereocenters. The van der Waals surface area contributed by atoms with E-state index in [9.17, 15) is 0 Å². The van der Waals surface area contributed by atoms with E-state index in [1.54, 1.807) is 0 Å². The molecule has 63 heavy (non-hydrogen) atoms. The van der Waals surface area contributed by atoms with Crippen LogP contribution in [0, 0.1) is 0 Å². The average Bonchev–Trinajstić information content (AvgIpc) is 4.01. The Bertz CT molecular complexity index is 3670. The van der Waals surface area contributed by atoms with Gasteiger partial charge in [0, 0.05) is 68.8 Å². The highest BCUT2D eigenvalue weighted by atomic mass is 16.3. The zero-order valence-corrected chi connectivity index (χ0v) is 33.7. The fourth-order valence-electron chi connectivity index (χ4n) is 9.55. The molecular weight excluding hydrogens is 773 g/mol. The van der Waals surface area contributed by atoms with Gasteiger partial charge in [-0.15, -0.1) is 0 Å². The van der Waals surface area contributed by atoms with Crippen molar-refractivity contribution >= 4 is 65.8 Å². The van der Waals surface area contributed by atoms with Crippen molar-refractivity contribution in [1.29, 1.82) is 0 Å². The molecule has 13 aromatic rings. The van der Waals surface area contributed by atoms with Gasteiger partial charge >= 0.3 is 0 Å². The SMILES string of the molecule is c1ccc(-c2ccccc2-c2ccc3c(c2)c2ncccc2n3-c2ccc3oc4ccc(-n5c6ccc(-c7ccccc7-c7ccccn7)cc6c6ncccc65)cc4c3c2)nc1. The van der Waals surface area contributed by atoms with E-state index in [0.717, 1.165) is 122 Å². The van der Waals surface area contributed by atoms with E-state index < -0.39 is 0 Å². The second kappa shape index (κ2) is 13.9. The van der Waals surface area contributed by atoms with Crippen LogP contribution in [-0.4, -0.2) is 29.1 Å². The standard InChI is InChI=1S/C56H34N6O/c1-3-13-41(47-15-5-7-27-57-47)39(11-1)35-19-23-49-45(31-35)55-51(17-9-29-59-55)61(49)37-21-25-53-43(33-37)44-34-38(22-26-54(44)63-53)62-50-24-20-36(32-46(50)56-52(62)18-10-30-60-56)40-12-2-4-14-42(40)48-16-6-8-28-58-48/h1-34H. The highest BCUT2D eigenvalue weighted by Gasteiger charge is 2.20. The Labute approximate surface area is 360 Å². The van der Waals surface area contributed by atoms with E-state index in [0.29, 0.717) is 0 Å². The first kappa shape index (κ1) is 35.1. The van der Waals surface area contributed by atoms with Gasteiger partial charge in [-0.1, -0.05) is 72.8 Å². The van der Waals surface area contributed by atoms with Gasteiger partial charge in [0.25, 0.3) is 0 Å². The largest absolute Gasteiger partial charge is 0.456 e. The van der Waals surface area contributed by atoms with E-state index >= 15 is 0 Å². The number of fused-ring (bicyclic) bond motifs is 9. The number of aromatic nitrogens is 6. The Morgan fingerprint density at radius 3 is 1.22 bits per heavy atom. The van der Waals surface area contributed by atoms with Crippen LogP contribution >= 0.6 is 0 Å². The number of pyridine rings is 4. The molecule has 0 aliphatic carbocycles.